The van der Waals surface area contributed by atoms with Crippen molar-refractivity contribution < 1.29 is 9.59 Å². The Kier molecular flexibility index (Phi) is 5.56. The monoisotopic (exact) mass is 451 g/mol. The molecule has 5 rings (SSSR count). The lowest BCUT2D eigenvalue weighted by molar-refractivity contribution is -0.113. The summed E-state index contributed by atoms with van der Waals surface area (Å²) in [6.45, 7) is 3.85. The van der Waals surface area contributed by atoms with E-state index in [0.29, 0.717) is 28.8 Å². The second kappa shape index (κ2) is 8.36. The number of hydrogen-bond donors (Lipinski definition) is 1. The number of nitrogens with zero attached hydrogens (tertiary/aromatic N) is 2. The van der Waals surface area contributed by atoms with Crippen LogP contribution in [0, 0.1) is 5.92 Å². The van der Waals surface area contributed by atoms with Crippen LogP contribution in [0.5, 0.6) is 0 Å². The Bertz CT molecular complexity index is 1170. The molecular formula is C24H25N3O2S2. The van der Waals surface area contributed by atoms with E-state index < -0.39 is 0 Å². The molecule has 2 aliphatic rings. The molecule has 0 bridgehead atoms. The first-order chi connectivity index (χ1) is 15.0. The Morgan fingerprint density at radius 2 is 1.94 bits per heavy atom. The molecule has 31 heavy (non-hydrogen) atoms. The van der Waals surface area contributed by atoms with Gasteiger partial charge in [0.15, 0.2) is 5.78 Å². The Morgan fingerprint density at radius 3 is 2.65 bits per heavy atom. The molecule has 0 unspecified atom stereocenters. The number of fused-ring (bicyclic) bond motifs is 3. The quantitative estimate of drug-likeness (QED) is 0.299. The molecule has 1 amide bonds. The lowest BCUT2D eigenvalue weighted by Gasteiger charge is -2.18. The average molecular weight is 452 g/mol. The van der Waals surface area contributed by atoms with Crippen molar-refractivity contribution in [2.75, 3.05) is 11.1 Å². The molecule has 1 fully saturated rings. The van der Waals surface area contributed by atoms with Gasteiger partial charge < -0.3 is 5.32 Å². The highest BCUT2D eigenvalue weighted by Crippen LogP contribution is 2.44. The van der Waals surface area contributed by atoms with Crippen molar-refractivity contribution in [2.24, 2.45) is 5.92 Å². The van der Waals surface area contributed by atoms with Crippen LogP contribution in [0.1, 0.15) is 65.7 Å². The number of anilines is 1. The van der Waals surface area contributed by atoms with E-state index in [1.807, 2.05) is 11.3 Å². The molecule has 3 aromatic rings. The summed E-state index contributed by atoms with van der Waals surface area (Å²) in [5, 5.41) is 5.07. The van der Waals surface area contributed by atoms with Crippen LogP contribution in [0.2, 0.25) is 0 Å². The number of carbonyl (C=O) groups is 2. The number of benzene rings is 1. The number of thioether (sulfide) groups is 1. The first-order valence-corrected chi connectivity index (χ1v) is 12.6. The van der Waals surface area contributed by atoms with Crippen LogP contribution in [0.25, 0.3) is 10.2 Å². The first kappa shape index (κ1) is 20.6. The van der Waals surface area contributed by atoms with E-state index in [9.17, 15) is 9.59 Å². The van der Waals surface area contributed by atoms with Gasteiger partial charge in [0.25, 0.3) is 0 Å². The molecule has 0 spiro atoms. The SMILES string of the molecule is CC(=O)c1ccc(NC(=O)CSc2nc(C3CC3)nc3sc4c(c23)CC[C@H](C)C4)cc1. The lowest BCUT2D eigenvalue weighted by atomic mass is 9.89. The van der Waals surface area contributed by atoms with Crippen LogP contribution >= 0.6 is 23.1 Å². The summed E-state index contributed by atoms with van der Waals surface area (Å²) in [4.78, 5) is 36.4. The molecule has 2 aromatic heterocycles. The minimum absolute atomic E-state index is 0.0150. The molecule has 0 saturated heterocycles. The maximum atomic E-state index is 12.6. The maximum absolute atomic E-state index is 12.6. The predicted molar refractivity (Wildman–Crippen MR) is 126 cm³/mol. The number of Topliss-reactive ketones (excluding diaryl/α,β-unsaturated/α-hetero) is 1. The van der Waals surface area contributed by atoms with Gasteiger partial charge in [0.2, 0.25) is 5.91 Å². The third-order valence-electron chi connectivity index (χ3n) is 6.00. The van der Waals surface area contributed by atoms with Crippen LogP contribution in [0.15, 0.2) is 29.3 Å². The van der Waals surface area contributed by atoms with Crippen molar-refractivity contribution in [3.8, 4) is 0 Å². The molecule has 2 aliphatic carbocycles. The van der Waals surface area contributed by atoms with Gasteiger partial charge in [-0.05, 0) is 74.8 Å². The molecular weight excluding hydrogens is 426 g/mol. The van der Waals surface area contributed by atoms with Crippen LogP contribution in [0.3, 0.4) is 0 Å². The summed E-state index contributed by atoms with van der Waals surface area (Å²) in [5.41, 5.74) is 2.74. The molecule has 1 atom stereocenters. The van der Waals surface area contributed by atoms with Crippen LogP contribution < -0.4 is 5.32 Å². The molecule has 1 N–H and O–H groups in total. The average Bonchev–Trinajstić information content (AvgIpc) is 3.53. The summed E-state index contributed by atoms with van der Waals surface area (Å²) in [6, 6.07) is 7.01. The second-order valence-electron chi connectivity index (χ2n) is 8.66. The van der Waals surface area contributed by atoms with Crippen molar-refractivity contribution in [1.29, 1.82) is 0 Å². The van der Waals surface area contributed by atoms with Crippen molar-refractivity contribution in [3.05, 3.63) is 46.1 Å². The molecule has 5 nitrogen and oxygen atoms in total. The second-order valence-corrected chi connectivity index (χ2v) is 10.7. The normalized spacial score (nSPS) is 18.1. The van der Waals surface area contributed by atoms with E-state index in [1.54, 1.807) is 24.3 Å². The van der Waals surface area contributed by atoms with Crippen LogP contribution in [-0.2, 0) is 17.6 Å². The number of aromatic nitrogens is 2. The van der Waals surface area contributed by atoms with Gasteiger partial charge in [-0.3, -0.25) is 9.59 Å². The standard InChI is InChI=1S/C24H25N3O2S2/c1-13-3-10-18-19(11-13)31-24-21(18)23(26-22(27-24)16-4-5-16)30-12-20(29)25-17-8-6-15(7-9-17)14(2)28/h6-9,13,16H,3-5,10-12H2,1-2H3,(H,25,29)/t13-/m0/s1. The number of ketones is 1. The number of aryl methyl sites for hydroxylation is 1. The first-order valence-electron chi connectivity index (χ1n) is 10.8. The smallest absolute Gasteiger partial charge is 0.234 e. The van der Waals surface area contributed by atoms with E-state index in [0.717, 1.165) is 41.4 Å². The van der Waals surface area contributed by atoms with E-state index in [-0.39, 0.29) is 11.7 Å². The Morgan fingerprint density at radius 1 is 1.16 bits per heavy atom. The Hall–Kier alpha value is -2.25. The van der Waals surface area contributed by atoms with Gasteiger partial charge in [0.05, 0.1) is 5.75 Å². The highest BCUT2D eigenvalue weighted by atomic mass is 32.2. The third-order valence-corrected chi connectivity index (χ3v) is 8.12. The maximum Gasteiger partial charge on any atom is 0.234 e. The highest BCUT2D eigenvalue weighted by Gasteiger charge is 2.30. The zero-order chi connectivity index (χ0) is 21.5. The molecule has 160 valence electrons. The Balaban J connectivity index is 1.36. The van der Waals surface area contributed by atoms with Gasteiger partial charge in [-0.15, -0.1) is 11.3 Å². The molecule has 7 heteroatoms. The van der Waals surface area contributed by atoms with Gasteiger partial charge in [0, 0.05) is 27.4 Å². The molecule has 2 heterocycles. The lowest BCUT2D eigenvalue weighted by Crippen LogP contribution is -2.14. The fourth-order valence-electron chi connectivity index (χ4n) is 4.07. The summed E-state index contributed by atoms with van der Waals surface area (Å²) >= 11 is 3.34. The highest BCUT2D eigenvalue weighted by molar-refractivity contribution is 8.00. The molecule has 0 radical (unpaired) electrons. The van der Waals surface area contributed by atoms with Gasteiger partial charge in [-0.25, -0.2) is 9.97 Å². The Labute approximate surface area is 190 Å². The fraction of sp³-hybridized carbons (Fsp3) is 0.417. The molecule has 1 saturated carbocycles. The van der Waals surface area contributed by atoms with Crippen molar-refractivity contribution in [1.82, 2.24) is 9.97 Å². The van der Waals surface area contributed by atoms with Gasteiger partial charge >= 0.3 is 0 Å². The summed E-state index contributed by atoms with van der Waals surface area (Å²) in [7, 11) is 0. The zero-order valence-electron chi connectivity index (χ0n) is 17.7. The van der Waals surface area contributed by atoms with E-state index in [2.05, 4.69) is 12.2 Å². The minimum atomic E-state index is -0.0713. The summed E-state index contributed by atoms with van der Waals surface area (Å²) in [5.74, 6) is 2.38. The number of hydrogen-bond acceptors (Lipinski definition) is 6. The van der Waals surface area contributed by atoms with E-state index in [4.69, 9.17) is 9.97 Å². The van der Waals surface area contributed by atoms with Crippen LogP contribution in [-0.4, -0.2) is 27.4 Å². The summed E-state index contributed by atoms with van der Waals surface area (Å²) < 4.78 is 0. The number of nitrogens with one attached hydrogen (secondary N) is 1. The number of carbonyl (C=O) groups excluding carboxylic acids is 2. The number of rotatable bonds is 6. The zero-order valence-corrected chi connectivity index (χ0v) is 19.4. The van der Waals surface area contributed by atoms with Crippen LogP contribution in [0.4, 0.5) is 5.69 Å². The topological polar surface area (TPSA) is 72.0 Å². The van der Waals surface area contributed by atoms with Gasteiger partial charge in [-0.2, -0.15) is 0 Å². The predicted octanol–water partition coefficient (Wildman–Crippen LogP) is 5.63. The van der Waals surface area contributed by atoms with Gasteiger partial charge in [0.1, 0.15) is 15.7 Å². The number of amides is 1. The third kappa shape index (κ3) is 4.39. The minimum Gasteiger partial charge on any atom is -0.325 e. The molecule has 1 aromatic carbocycles. The fourth-order valence-corrected chi connectivity index (χ4v) is 6.39. The van der Waals surface area contributed by atoms with Crippen molar-refractivity contribution in [3.63, 3.8) is 0 Å². The van der Waals surface area contributed by atoms with Gasteiger partial charge in [-0.1, -0.05) is 18.7 Å². The summed E-state index contributed by atoms with van der Waals surface area (Å²) in [6.07, 6.45) is 5.72. The number of thiophene rings is 1. The van der Waals surface area contributed by atoms with Crippen molar-refractivity contribution in [2.45, 2.75) is 56.9 Å². The largest absolute Gasteiger partial charge is 0.325 e. The van der Waals surface area contributed by atoms with E-state index in [1.165, 1.54) is 40.9 Å². The molecule has 0 aliphatic heterocycles. The van der Waals surface area contributed by atoms with E-state index >= 15 is 0 Å². The van der Waals surface area contributed by atoms with Crippen molar-refractivity contribution >= 4 is 50.7 Å².